The molecular weight excluding hydrogens is 244 g/mol. The lowest BCUT2D eigenvalue weighted by atomic mass is 10.2. The fourth-order valence-corrected chi connectivity index (χ4v) is 1.61. The smallest absolute Gasteiger partial charge is 0.0719 e. The van der Waals surface area contributed by atoms with Crippen LogP contribution in [0.2, 0.25) is 0 Å². The Balaban J connectivity index is 2.55. The molecule has 0 spiro atoms. The molecule has 0 aliphatic heterocycles. The van der Waals surface area contributed by atoms with Crippen molar-refractivity contribution in [3.63, 3.8) is 0 Å². The molecule has 0 bridgehead atoms. The van der Waals surface area contributed by atoms with Gasteiger partial charge in [0, 0.05) is 11.0 Å². The van der Waals surface area contributed by atoms with E-state index in [-0.39, 0.29) is 0 Å². The van der Waals surface area contributed by atoms with Crippen molar-refractivity contribution in [2.45, 2.75) is 6.54 Å². The summed E-state index contributed by atoms with van der Waals surface area (Å²) in [7, 11) is 0. The molecule has 2 aromatic rings. The summed E-state index contributed by atoms with van der Waals surface area (Å²) in [5.41, 5.74) is 7.63. The highest BCUT2D eigenvalue weighted by atomic mass is 79.9. The van der Waals surface area contributed by atoms with E-state index < -0.39 is 0 Å². The van der Waals surface area contributed by atoms with Crippen LogP contribution in [-0.4, -0.2) is 15.0 Å². The van der Waals surface area contributed by atoms with E-state index in [1.54, 1.807) is 17.1 Å². The molecule has 72 valence electrons. The molecule has 0 unspecified atom stereocenters. The Morgan fingerprint density at radius 1 is 1.43 bits per heavy atom. The minimum atomic E-state index is 0.489. The first-order valence-corrected chi connectivity index (χ1v) is 4.96. The van der Waals surface area contributed by atoms with Gasteiger partial charge < -0.3 is 5.73 Å². The lowest BCUT2D eigenvalue weighted by molar-refractivity contribution is 0.791. The van der Waals surface area contributed by atoms with Crippen molar-refractivity contribution in [2.75, 3.05) is 0 Å². The third kappa shape index (κ3) is 1.69. The van der Waals surface area contributed by atoms with Gasteiger partial charge in [-0.2, -0.15) is 0 Å². The van der Waals surface area contributed by atoms with Crippen LogP contribution in [0, 0.1) is 0 Å². The van der Waals surface area contributed by atoms with Crippen LogP contribution in [0.4, 0.5) is 0 Å². The van der Waals surface area contributed by atoms with Crippen LogP contribution in [0.15, 0.2) is 35.1 Å². The minimum Gasteiger partial charge on any atom is -0.326 e. The minimum absolute atomic E-state index is 0.489. The third-order valence-electron chi connectivity index (χ3n) is 1.94. The first kappa shape index (κ1) is 9.36. The molecule has 0 aliphatic rings. The number of hydrogen-bond acceptors (Lipinski definition) is 3. The quantitative estimate of drug-likeness (QED) is 0.882. The summed E-state index contributed by atoms with van der Waals surface area (Å²) in [6, 6.07) is 5.90. The molecule has 0 radical (unpaired) electrons. The average Bonchev–Trinajstić information content (AvgIpc) is 2.70. The Morgan fingerprint density at radius 2 is 2.29 bits per heavy atom. The van der Waals surface area contributed by atoms with Crippen LogP contribution >= 0.6 is 15.9 Å². The molecule has 0 amide bonds. The fourth-order valence-electron chi connectivity index (χ4n) is 1.26. The van der Waals surface area contributed by atoms with Crippen molar-refractivity contribution >= 4 is 15.9 Å². The Kier molecular flexibility index (Phi) is 2.60. The molecule has 1 aromatic carbocycles. The first-order chi connectivity index (χ1) is 6.81. The molecule has 0 aliphatic carbocycles. The molecule has 5 heteroatoms. The van der Waals surface area contributed by atoms with Gasteiger partial charge in [0.05, 0.1) is 18.1 Å². The summed E-state index contributed by atoms with van der Waals surface area (Å²) in [4.78, 5) is 0. The Labute approximate surface area is 89.9 Å². The Bertz CT molecular complexity index is 424. The van der Waals surface area contributed by atoms with Crippen molar-refractivity contribution in [2.24, 2.45) is 5.73 Å². The van der Waals surface area contributed by atoms with Gasteiger partial charge in [-0.15, -0.1) is 5.10 Å². The maximum absolute atomic E-state index is 5.63. The molecular formula is C9H9BrN4. The van der Waals surface area contributed by atoms with Crippen molar-refractivity contribution in [1.82, 2.24) is 15.0 Å². The maximum Gasteiger partial charge on any atom is 0.0719 e. The molecule has 1 aromatic heterocycles. The topological polar surface area (TPSA) is 56.7 Å². The second-order valence-corrected chi connectivity index (χ2v) is 3.74. The average molecular weight is 253 g/mol. The fraction of sp³-hybridized carbons (Fsp3) is 0.111. The van der Waals surface area contributed by atoms with Crippen LogP contribution in [0.3, 0.4) is 0 Å². The van der Waals surface area contributed by atoms with Crippen LogP contribution in [0.1, 0.15) is 5.56 Å². The van der Waals surface area contributed by atoms with E-state index in [0.29, 0.717) is 6.54 Å². The highest BCUT2D eigenvalue weighted by molar-refractivity contribution is 9.10. The molecule has 0 fully saturated rings. The van der Waals surface area contributed by atoms with Crippen molar-refractivity contribution in [3.8, 4) is 5.69 Å². The second-order valence-electron chi connectivity index (χ2n) is 2.82. The highest BCUT2D eigenvalue weighted by Crippen LogP contribution is 2.19. The number of benzene rings is 1. The van der Waals surface area contributed by atoms with Crippen molar-refractivity contribution in [1.29, 1.82) is 0 Å². The highest BCUT2D eigenvalue weighted by Gasteiger charge is 2.04. The molecule has 0 saturated carbocycles. The zero-order chi connectivity index (χ0) is 9.97. The number of hydrogen-bond donors (Lipinski definition) is 1. The van der Waals surface area contributed by atoms with Crippen molar-refractivity contribution in [3.05, 3.63) is 40.6 Å². The van der Waals surface area contributed by atoms with Gasteiger partial charge in [0.2, 0.25) is 0 Å². The molecule has 0 atom stereocenters. The standard InChI is InChI=1S/C9H9BrN4/c10-8-2-1-7(6-11)9(5-8)14-4-3-12-13-14/h1-5H,6,11H2. The number of halogens is 1. The summed E-state index contributed by atoms with van der Waals surface area (Å²) < 4.78 is 2.70. The zero-order valence-electron chi connectivity index (χ0n) is 7.39. The first-order valence-electron chi connectivity index (χ1n) is 4.16. The second kappa shape index (κ2) is 3.89. The largest absolute Gasteiger partial charge is 0.326 e. The number of aromatic nitrogens is 3. The Hall–Kier alpha value is -1.20. The zero-order valence-corrected chi connectivity index (χ0v) is 8.98. The van der Waals surface area contributed by atoms with Crippen LogP contribution < -0.4 is 5.73 Å². The van der Waals surface area contributed by atoms with E-state index in [9.17, 15) is 0 Å². The van der Waals surface area contributed by atoms with E-state index >= 15 is 0 Å². The van der Waals surface area contributed by atoms with E-state index in [2.05, 4.69) is 26.2 Å². The van der Waals surface area contributed by atoms with Gasteiger partial charge in [0.25, 0.3) is 0 Å². The summed E-state index contributed by atoms with van der Waals surface area (Å²) in [6.45, 7) is 0.489. The third-order valence-corrected chi connectivity index (χ3v) is 2.43. The number of rotatable bonds is 2. The number of nitrogens with zero attached hydrogens (tertiary/aromatic N) is 3. The van der Waals surface area contributed by atoms with Gasteiger partial charge >= 0.3 is 0 Å². The summed E-state index contributed by atoms with van der Waals surface area (Å²) >= 11 is 3.41. The van der Waals surface area contributed by atoms with E-state index in [0.717, 1.165) is 15.7 Å². The SMILES string of the molecule is NCc1ccc(Br)cc1-n1ccnn1. The lowest BCUT2D eigenvalue weighted by Crippen LogP contribution is -2.05. The normalized spacial score (nSPS) is 10.4. The number of nitrogens with two attached hydrogens (primary N) is 1. The molecule has 0 saturated heterocycles. The van der Waals surface area contributed by atoms with Gasteiger partial charge in [-0.25, -0.2) is 4.68 Å². The molecule has 2 rings (SSSR count). The van der Waals surface area contributed by atoms with E-state index in [1.807, 2.05) is 18.2 Å². The van der Waals surface area contributed by atoms with E-state index in [4.69, 9.17) is 5.73 Å². The van der Waals surface area contributed by atoms with Crippen molar-refractivity contribution < 1.29 is 0 Å². The molecule has 14 heavy (non-hydrogen) atoms. The summed E-state index contributed by atoms with van der Waals surface area (Å²) in [6.07, 6.45) is 3.43. The van der Waals surface area contributed by atoms with Gasteiger partial charge in [-0.1, -0.05) is 27.2 Å². The predicted molar refractivity (Wildman–Crippen MR) is 57.0 cm³/mol. The predicted octanol–water partition coefficient (Wildman–Crippen LogP) is 1.49. The van der Waals surface area contributed by atoms with Crippen LogP contribution in [0.25, 0.3) is 5.69 Å². The Morgan fingerprint density at radius 3 is 2.93 bits per heavy atom. The lowest BCUT2D eigenvalue weighted by Gasteiger charge is -2.06. The van der Waals surface area contributed by atoms with Gasteiger partial charge in [0.15, 0.2) is 0 Å². The molecule has 4 nitrogen and oxygen atoms in total. The van der Waals surface area contributed by atoms with Crippen LogP contribution in [-0.2, 0) is 6.54 Å². The van der Waals surface area contributed by atoms with Gasteiger partial charge in [-0.05, 0) is 17.7 Å². The molecule has 2 N–H and O–H groups in total. The summed E-state index contributed by atoms with van der Waals surface area (Å²) in [5, 5.41) is 7.69. The molecule has 1 heterocycles. The van der Waals surface area contributed by atoms with E-state index in [1.165, 1.54) is 0 Å². The maximum atomic E-state index is 5.63. The van der Waals surface area contributed by atoms with Gasteiger partial charge in [0.1, 0.15) is 0 Å². The van der Waals surface area contributed by atoms with Gasteiger partial charge in [-0.3, -0.25) is 0 Å². The monoisotopic (exact) mass is 252 g/mol. The summed E-state index contributed by atoms with van der Waals surface area (Å²) in [5.74, 6) is 0. The van der Waals surface area contributed by atoms with Crippen LogP contribution in [0.5, 0.6) is 0 Å².